The number of hydrogen-bond donors (Lipinski definition) is 1. The quantitative estimate of drug-likeness (QED) is 0.657. The molecular formula is C12H18N2O3S. The lowest BCUT2D eigenvalue weighted by molar-refractivity contribution is -0.387. The van der Waals surface area contributed by atoms with E-state index in [1.165, 1.54) is 6.07 Å². The molecular weight excluding hydrogens is 252 g/mol. The van der Waals surface area contributed by atoms with E-state index in [0.29, 0.717) is 17.2 Å². The summed E-state index contributed by atoms with van der Waals surface area (Å²) in [5, 5.41) is 14.0. The Balaban J connectivity index is 2.70. The summed E-state index contributed by atoms with van der Waals surface area (Å²) in [6.45, 7) is 6.60. The molecule has 0 saturated carbocycles. The number of nitrogens with zero attached hydrogens (tertiary/aromatic N) is 1. The number of rotatable bonds is 5. The fourth-order valence-corrected chi connectivity index (χ4v) is 2.54. The summed E-state index contributed by atoms with van der Waals surface area (Å²) in [5.74, 6) is 0.363. The van der Waals surface area contributed by atoms with Crippen LogP contribution in [0.3, 0.4) is 0 Å². The average molecular weight is 270 g/mol. The van der Waals surface area contributed by atoms with E-state index in [-0.39, 0.29) is 11.2 Å². The number of para-hydroxylation sites is 1. The highest BCUT2D eigenvalue weighted by Crippen LogP contribution is 2.21. The Bertz CT molecular complexity index is 455. The zero-order valence-electron chi connectivity index (χ0n) is 10.8. The summed E-state index contributed by atoms with van der Waals surface area (Å²) < 4.78 is 12.0. The van der Waals surface area contributed by atoms with E-state index in [1.54, 1.807) is 18.2 Å². The minimum atomic E-state index is -1.35. The van der Waals surface area contributed by atoms with E-state index in [0.717, 1.165) is 0 Å². The van der Waals surface area contributed by atoms with E-state index < -0.39 is 15.7 Å². The first kappa shape index (κ1) is 14.8. The van der Waals surface area contributed by atoms with E-state index in [1.807, 2.05) is 20.8 Å². The third-order valence-corrected chi connectivity index (χ3v) is 3.66. The minimum Gasteiger partial charge on any atom is -0.311 e. The molecule has 1 N–H and O–H groups in total. The van der Waals surface area contributed by atoms with Crippen LogP contribution in [0, 0.1) is 10.1 Å². The van der Waals surface area contributed by atoms with Crippen LogP contribution in [0.5, 0.6) is 0 Å². The lowest BCUT2D eigenvalue weighted by atomic mass is 10.1. The van der Waals surface area contributed by atoms with Gasteiger partial charge in [0.05, 0.1) is 15.7 Å². The monoisotopic (exact) mass is 270 g/mol. The van der Waals surface area contributed by atoms with Gasteiger partial charge in [-0.3, -0.25) is 14.3 Å². The molecule has 1 aromatic rings. The number of nitrogens with one attached hydrogen (secondary N) is 1. The summed E-state index contributed by atoms with van der Waals surface area (Å²) >= 11 is 0. The molecule has 6 heteroatoms. The molecule has 0 amide bonds. The van der Waals surface area contributed by atoms with Crippen molar-refractivity contribution >= 4 is 16.5 Å². The predicted molar refractivity (Wildman–Crippen MR) is 72.1 cm³/mol. The maximum absolute atomic E-state index is 12.0. The summed E-state index contributed by atoms with van der Waals surface area (Å²) in [5.41, 5.74) is -0.126. The smallest absolute Gasteiger partial charge is 0.285 e. The molecule has 1 aromatic carbocycles. The van der Waals surface area contributed by atoms with Gasteiger partial charge in [0.25, 0.3) is 5.69 Å². The van der Waals surface area contributed by atoms with Crippen LogP contribution in [0.2, 0.25) is 0 Å². The largest absolute Gasteiger partial charge is 0.311 e. The number of benzene rings is 1. The van der Waals surface area contributed by atoms with Gasteiger partial charge in [-0.25, -0.2) is 0 Å². The molecule has 1 unspecified atom stereocenters. The minimum absolute atomic E-state index is 0.0488. The third-order valence-electron chi connectivity index (χ3n) is 2.25. The summed E-state index contributed by atoms with van der Waals surface area (Å²) in [6, 6.07) is 6.17. The molecule has 0 aliphatic carbocycles. The Morgan fingerprint density at radius 2 is 1.94 bits per heavy atom. The second-order valence-electron chi connectivity index (χ2n) is 4.95. The number of nitro groups is 1. The summed E-state index contributed by atoms with van der Waals surface area (Å²) in [4.78, 5) is 10.6. The molecule has 0 aliphatic rings. The molecule has 18 heavy (non-hydrogen) atoms. The summed E-state index contributed by atoms with van der Waals surface area (Å²) in [7, 11) is -1.35. The number of hydrogen-bond acceptors (Lipinski definition) is 4. The van der Waals surface area contributed by atoms with Crippen molar-refractivity contribution in [1.29, 1.82) is 0 Å². The Morgan fingerprint density at radius 3 is 2.50 bits per heavy atom. The molecule has 0 aromatic heterocycles. The normalized spacial score (nSPS) is 13.3. The van der Waals surface area contributed by atoms with E-state index in [4.69, 9.17) is 0 Å². The fourth-order valence-electron chi connectivity index (χ4n) is 1.43. The fraction of sp³-hybridized carbons (Fsp3) is 0.500. The van der Waals surface area contributed by atoms with Crippen molar-refractivity contribution in [3.63, 3.8) is 0 Å². The van der Waals surface area contributed by atoms with Crippen molar-refractivity contribution in [3.8, 4) is 0 Å². The van der Waals surface area contributed by atoms with Gasteiger partial charge in [0.2, 0.25) is 0 Å². The highest BCUT2D eigenvalue weighted by molar-refractivity contribution is 7.85. The second-order valence-corrected chi connectivity index (χ2v) is 6.49. The highest BCUT2D eigenvalue weighted by atomic mass is 32.2. The van der Waals surface area contributed by atoms with Crippen LogP contribution in [-0.4, -0.2) is 27.0 Å². The molecule has 0 aliphatic heterocycles. The van der Waals surface area contributed by atoms with E-state index in [2.05, 4.69) is 5.32 Å². The van der Waals surface area contributed by atoms with Crippen molar-refractivity contribution < 1.29 is 9.13 Å². The second kappa shape index (κ2) is 6.06. The first-order chi connectivity index (χ1) is 8.31. The van der Waals surface area contributed by atoms with Gasteiger partial charge in [0.15, 0.2) is 0 Å². The topological polar surface area (TPSA) is 72.2 Å². The van der Waals surface area contributed by atoms with Gasteiger partial charge < -0.3 is 5.32 Å². The van der Waals surface area contributed by atoms with Crippen LogP contribution in [0.4, 0.5) is 5.69 Å². The molecule has 0 fully saturated rings. The maximum Gasteiger partial charge on any atom is 0.285 e. The molecule has 0 radical (unpaired) electrons. The van der Waals surface area contributed by atoms with Crippen molar-refractivity contribution in [2.24, 2.45) is 0 Å². The Morgan fingerprint density at radius 1 is 1.33 bits per heavy atom. The maximum atomic E-state index is 12.0. The lowest BCUT2D eigenvalue weighted by Gasteiger charge is -2.20. The van der Waals surface area contributed by atoms with E-state index >= 15 is 0 Å². The van der Waals surface area contributed by atoms with Crippen molar-refractivity contribution in [2.45, 2.75) is 31.2 Å². The molecule has 1 rings (SSSR count). The van der Waals surface area contributed by atoms with Gasteiger partial charge in [-0.1, -0.05) is 12.1 Å². The van der Waals surface area contributed by atoms with Crippen LogP contribution in [0.25, 0.3) is 0 Å². The zero-order chi connectivity index (χ0) is 13.8. The van der Waals surface area contributed by atoms with Gasteiger partial charge in [-0.2, -0.15) is 0 Å². The summed E-state index contributed by atoms with van der Waals surface area (Å²) in [6.07, 6.45) is 0. The molecule has 100 valence electrons. The Labute approximate surface area is 109 Å². The first-order valence-corrected chi connectivity index (χ1v) is 7.00. The predicted octanol–water partition coefficient (Wildman–Crippen LogP) is 2.09. The Hall–Kier alpha value is -1.27. The third kappa shape index (κ3) is 4.54. The SMILES string of the molecule is CC(C)(C)NCCS(=O)c1ccccc1[N+](=O)[O-]. The van der Waals surface area contributed by atoms with Crippen LogP contribution in [0.15, 0.2) is 29.2 Å². The molecule has 0 spiro atoms. The van der Waals surface area contributed by atoms with Gasteiger partial charge >= 0.3 is 0 Å². The average Bonchev–Trinajstić information content (AvgIpc) is 2.27. The standard InChI is InChI=1S/C12H18N2O3S/c1-12(2,3)13-8-9-18(17)11-7-5-4-6-10(11)14(15)16/h4-7,13H,8-9H2,1-3H3. The van der Waals surface area contributed by atoms with Crippen LogP contribution in [-0.2, 0) is 10.8 Å². The Kier molecular flexibility index (Phi) is 4.98. The first-order valence-electron chi connectivity index (χ1n) is 5.68. The lowest BCUT2D eigenvalue weighted by Crippen LogP contribution is -2.38. The van der Waals surface area contributed by atoms with Gasteiger partial charge in [0, 0.05) is 23.9 Å². The molecule has 0 bridgehead atoms. The van der Waals surface area contributed by atoms with Crippen LogP contribution < -0.4 is 5.32 Å². The highest BCUT2D eigenvalue weighted by Gasteiger charge is 2.18. The molecule has 5 nitrogen and oxygen atoms in total. The van der Waals surface area contributed by atoms with Gasteiger partial charge in [0.1, 0.15) is 4.90 Å². The van der Waals surface area contributed by atoms with Gasteiger partial charge in [-0.15, -0.1) is 0 Å². The van der Waals surface area contributed by atoms with Crippen LogP contribution in [0.1, 0.15) is 20.8 Å². The van der Waals surface area contributed by atoms with Crippen molar-refractivity contribution in [1.82, 2.24) is 5.32 Å². The van der Waals surface area contributed by atoms with Crippen molar-refractivity contribution in [2.75, 3.05) is 12.3 Å². The molecule has 1 atom stereocenters. The zero-order valence-corrected chi connectivity index (χ0v) is 11.6. The van der Waals surface area contributed by atoms with Crippen LogP contribution >= 0.6 is 0 Å². The van der Waals surface area contributed by atoms with Gasteiger partial charge in [-0.05, 0) is 26.8 Å². The van der Waals surface area contributed by atoms with Crippen molar-refractivity contribution in [3.05, 3.63) is 34.4 Å². The molecule has 0 heterocycles. The molecule has 0 saturated heterocycles. The number of nitro benzene ring substituents is 1. The van der Waals surface area contributed by atoms with E-state index in [9.17, 15) is 14.3 Å².